The minimum atomic E-state index is 0.142. The highest BCUT2D eigenvalue weighted by Gasteiger charge is 2.23. The third-order valence-corrected chi connectivity index (χ3v) is 3.86. The first-order valence-electron chi connectivity index (χ1n) is 5.92. The van der Waals surface area contributed by atoms with E-state index in [9.17, 15) is 4.79 Å². The smallest absolute Gasteiger partial charge is 0.231 e. The molecule has 1 aromatic heterocycles. The zero-order valence-corrected chi connectivity index (χ0v) is 11.3. The van der Waals surface area contributed by atoms with Crippen molar-refractivity contribution in [2.45, 2.75) is 6.42 Å². The maximum atomic E-state index is 11.6. The Morgan fingerprint density at radius 2 is 2.26 bits per heavy atom. The van der Waals surface area contributed by atoms with Crippen molar-refractivity contribution >= 4 is 40.2 Å². The van der Waals surface area contributed by atoms with Gasteiger partial charge in [0.05, 0.1) is 12.1 Å². The van der Waals surface area contributed by atoms with E-state index in [1.807, 2.05) is 42.8 Å². The number of carbonyl (C=O) groups excluding carboxylic acids is 1. The number of hydrogen-bond donors (Lipinski definition) is 1. The number of nitrogens with zero attached hydrogens (tertiary/aromatic N) is 2. The third kappa shape index (κ3) is 2.24. The zero-order chi connectivity index (χ0) is 13.4. The second-order valence-corrected chi connectivity index (χ2v) is 5.35. The highest BCUT2D eigenvalue weighted by molar-refractivity contribution is 7.13. The van der Waals surface area contributed by atoms with Crippen molar-refractivity contribution in [3.63, 3.8) is 0 Å². The Bertz CT molecular complexity index is 675. The van der Waals surface area contributed by atoms with Gasteiger partial charge in [-0.25, -0.2) is 4.98 Å². The van der Waals surface area contributed by atoms with Crippen molar-refractivity contribution in [1.82, 2.24) is 4.98 Å². The van der Waals surface area contributed by atoms with Crippen molar-refractivity contribution in [2.75, 3.05) is 17.7 Å². The van der Waals surface area contributed by atoms with E-state index in [2.05, 4.69) is 4.98 Å². The molecule has 0 unspecified atom stereocenters. The van der Waals surface area contributed by atoms with Crippen molar-refractivity contribution in [3.8, 4) is 0 Å². The SMILES string of the molecule is CN1C(=O)Cc2cc(C=Cc3csc(N)n3)ccc21. The average Bonchev–Trinajstić information content (AvgIpc) is 2.92. The van der Waals surface area contributed by atoms with Gasteiger partial charge in [0.15, 0.2) is 5.13 Å². The van der Waals surface area contributed by atoms with Gasteiger partial charge in [0.25, 0.3) is 0 Å². The van der Waals surface area contributed by atoms with Crippen molar-refractivity contribution in [1.29, 1.82) is 0 Å². The number of fused-ring (bicyclic) bond motifs is 1. The van der Waals surface area contributed by atoms with Crippen LogP contribution in [0.2, 0.25) is 0 Å². The van der Waals surface area contributed by atoms with Crippen LogP contribution >= 0.6 is 11.3 Å². The molecule has 0 bridgehead atoms. The summed E-state index contributed by atoms with van der Waals surface area (Å²) in [5, 5.41) is 2.48. The molecule has 0 saturated heterocycles. The van der Waals surface area contributed by atoms with Gasteiger partial charge in [0.1, 0.15) is 0 Å². The number of rotatable bonds is 2. The molecule has 96 valence electrons. The summed E-state index contributed by atoms with van der Waals surface area (Å²) < 4.78 is 0. The monoisotopic (exact) mass is 271 g/mol. The number of hydrogen-bond acceptors (Lipinski definition) is 4. The number of anilines is 2. The van der Waals surface area contributed by atoms with Crippen LogP contribution in [0.5, 0.6) is 0 Å². The van der Waals surface area contributed by atoms with E-state index < -0.39 is 0 Å². The largest absolute Gasteiger partial charge is 0.375 e. The molecular formula is C14H13N3OS. The normalized spacial score (nSPS) is 14.4. The number of carbonyl (C=O) groups is 1. The number of benzene rings is 1. The summed E-state index contributed by atoms with van der Waals surface area (Å²) in [7, 11) is 1.81. The van der Waals surface area contributed by atoms with Gasteiger partial charge in [-0.05, 0) is 29.3 Å². The minimum absolute atomic E-state index is 0.142. The maximum Gasteiger partial charge on any atom is 0.231 e. The van der Waals surface area contributed by atoms with E-state index in [-0.39, 0.29) is 5.91 Å². The highest BCUT2D eigenvalue weighted by atomic mass is 32.1. The second-order valence-electron chi connectivity index (χ2n) is 4.46. The summed E-state index contributed by atoms with van der Waals surface area (Å²) in [6.45, 7) is 0. The molecule has 0 atom stereocenters. The summed E-state index contributed by atoms with van der Waals surface area (Å²) in [6.07, 6.45) is 4.39. The molecule has 5 heteroatoms. The second kappa shape index (κ2) is 4.51. The molecular weight excluding hydrogens is 258 g/mol. The molecule has 19 heavy (non-hydrogen) atoms. The lowest BCUT2D eigenvalue weighted by atomic mass is 10.1. The molecule has 4 nitrogen and oxygen atoms in total. The van der Waals surface area contributed by atoms with E-state index in [1.165, 1.54) is 11.3 Å². The molecule has 3 rings (SSSR count). The number of nitrogens with two attached hydrogens (primary N) is 1. The van der Waals surface area contributed by atoms with Crippen LogP contribution in [0.3, 0.4) is 0 Å². The fraction of sp³-hybridized carbons (Fsp3) is 0.143. The van der Waals surface area contributed by atoms with E-state index in [0.29, 0.717) is 11.6 Å². The number of thiazole rings is 1. The van der Waals surface area contributed by atoms with Gasteiger partial charge in [0, 0.05) is 18.1 Å². The van der Waals surface area contributed by atoms with Gasteiger partial charge < -0.3 is 10.6 Å². The quantitative estimate of drug-likeness (QED) is 0.912. The standard InChI is InChI=1S/C14H13N3OS/c1-17-12-5-3-9(6-10(12)7-13(17)18)2-4-11-8-19-14(15)16-11/h2-6,8H,7H2,1H3,(H2,15,16). The molecule has 1 aliphatic rings. The van der Waals surface area contributed by atoms with E-state index in [1.54, 1.807) is 4.90 Å². The summed E-state index contributed by atoms with van der Waals surface area (Å²) >= 11 is 1.42. The number of amides is 1. The first-order chi connectivity index (χ1) is 9.13. The molecule has 2 N–H and O–H groups in total. The van der Waals surface area contributed by atoms with Gasteiger partial charge in [-0.15, -0.1) is 11.3 Å². The fourth-order valence-electron chi connectivity index (χ4n) is 2.15. The summed E-state index contributed by atoms with van der Waals surface area (Å²) in [4.78, 5) is 17.5. The van der Waals surface area contributed by atoms with Crippen LogP contribution in [0, 0.1) is 0 Å². The molecule has 0 saturated carbocycles. The Labute approximate surface area is 115 Å². The lowest BCUT2D eigenvalue weighted by Gasteiger charge is -2.09. The first-order valence-corrected chi connectivity index (χ1v) is 6.80. The molecule has 1 aromatic carbocycles. The number of aromatic nitrogens is 1. The fourth-order valence-corrected chi connectivity index (χ4v) is 2.68. The Morgan fingerprint density at radius 3 is 3.00 bits per heavy atom. The van der Waals surface area contributed by atoms with E-state index >= 15 is 0 Å². The number of nitrogen functional groups attached to an aromatic ring is 1. The van der Waals surface area contributed by atoms with Crippen LogP contribution in [0.1, 0.15) is 16.8 Å². The summed E-state index contributed by atoms with van der Waals surface area (Å²) in [5.74, 6) is 0.142. The highest BCUT2D eigenvalue weighted by Crippen LogP contribution is 2.28. The van der Waals surface area contributed by atoms with Crippen molar-refractivity contribution in [2.24, 2.45) is 0 Å². The van der Waals surface area contributed by atoms with E-state index in [4.69, 9.17) is 5.73 Å². The van der Waals surface area contributed by atoms with Crippen LogP contribution in [0.15, 0.2) is 23.6 Å². The van der Waals surface area contributed by atoms with E-state index in [0.717, 1.165) is 22.5 Å². The van der Waals surface area contributed by atoms with Crippen LogP contribution < -0.4 is 10.6 Å². The molecule has 1 amide bonds. The summed E-state index contributed by atoms with van der Waals surface area (Å²) in [5.41, 5.74) is 9.58. The molecule has 0 fully saturated rings. The zero-order valence-electron chi connectivity index (χ0n) is 10.5. The lowest BCUT2D eigenvalue weighted by molar-refractivity contribution is -0.117. The third-order valence-electron chi connectivity index (χ3n) is 3.17. The molecule has 1 aliphatic heterocycles. The average molecular weight is 271 g/mol. The minimum Gasteiger partial charge on any atom is -0.375 e. The Hall–Kier alpha value is -2.14. The van der Waals surface area contributed by atoms with Gasteiger partial charge in [-0.1, -0.05) is 12.1 Å². The lowest BCUT2D eigenvalue weighted by Crippen LogP contribution is -2.20. The molecule has 0 radical (unpaired) electrons. The van der Waals surface area contributed by atoms with Gasteiger partial charge in [-0.3, -0.25) is 4.79 Å². The maximum absolute atomic E-state index is 11.6. The molecule has 2 aromatic rings. The van der Waals surface area contributed by atoms with Crippen molar-refractivity contribution < 1.29 is 4.79 Å². The van der Waals surface area contributed by atoms with Gasteiger partial charge in [-0.2, -0.15) is 0 Å². The van der Waals surface area contributed by atoms with Gasteiger partial charge in [0.2, 0.25) is 5.91 Å². The number of likely N-dealkylation sites (N-methyl/N-ethyl adjacent to an activating group) is 1. The Kier molecular flexibility index (Phi) is 2.83. The predicted molar refractivity (Wildman–Crippen MR) is 79.0 cm³/mol. The van der Waals surface area contributed by atoms with Crippen LogP contribution in [-0.2, 0) is 11.2 Å². The summed E-state index contributed by atoms with van der Waals surface area (Å²) in [6, 6.07) is 6.03. The van der Waals surface area contributed by atoms with Crippen LogP contribution in [0.4, 0.5) is 10.8 Å². The Balaban J connectivity index is 1.86. The molecule has 2 heterocycles. The molecule has 0 aliphatic carbocycles. The molecule has 0 spiro atoms. The van der Waals surface area contributed by atoms with Crippen molar-refractivity contribution in [3.05, 3.63) is 40.4 Å². The topological polar surface area (TPSA) is 59.2 Å². The Morgan fingerprint density at radius 1 is 1.42 bits per heavy atom. The predicted octanol–water partition coefficient (Wildman–Crippen LogP) is 2.41. The first kappa shape index (κ1) is 11.9. The van der Waals surface area contributed by atoms with Crippen LogP contribution in [0.25, 0.3) is 12.2 Å². The van der Waals surface area contributed by atoms with Crippen LogP contribution in [-0.4, -0.2) is 17.9 Å². The van der Waals surface area contributed by atoms with Gasteiger partial charge >= 0.3 is 0 Å².